The van der Waals surface area contributed by atoms with E-state index in [4.69, 9.17) is 9.47 Å². The molecular formula is C18H23N3O3. The topological polar surface area (TPSA) is 65.4 Å². The third kappa shape index (κ3) is 3.09. The molecular weight excluding hydrogens is 306 g/mol. The molecule has 128 valence electrons. The highest BCUT2D eigenvalue weighted by molar-refractivity contribution is 6.04. The summed E-state index contributed by atoms with van der Waals surface area (Å²) in [6.07, 6.45) is 3.04. The number of carbonyl (C=O) groups is 1. The number of fused-ring (bicyclic) bond motifs is 1. The van der Waals surface area contributed by atoms with Crippen LogP contribution in [0, 0.1) is 0 Å². The first-order chi connectivity index (χ1) is 11.6. The Bertz CT molecular complexity index is 752. The fourth-order valence-electron chi connectivity index (χ4n) is 3.05. The molecule has 3 rings (SSSR count). The van der Waals surface area contributed by atoms with Crippen LogP contribution in [-0.4, -0.2) is 28.9 Å². The van der Waals surface area contributed by atoms with Gasteiger partial charge in [0.15, 0.2) is 11.5 Å². The first-order valence-electron chi connectivity index (χ1n) is 8.39. The molecule has 24 heavy (non-hydrogen) atoms. The van der Waals surface area contributed by atoms with Gasteiger partial charge in [0, 0.05) is 18.2 Å². The van der Waals surface area contributed by atoms with E-state index in [0.717, 1.165) is 36.3 Å². The number of rotatable bonds is 6. The SMILES string of the molecule is CCOc1ccc(C(=O)Nc2c3c(nn2C)CCC3)cc1OCC. The van der Waals surface area contributed by atoms with E-state index in [2.05, 4.69) is 10.4 Å². The van der Waals surface area contributed by atoms with Crippen molar-refractivity contribution in [3.8, 4) is 11.5 Å². The average molecular weight is 329 g/mol. The van der Waals surface area contributed by atoms with Gasteiger partial charge in [-0.1, -0.05) is 0 Å². The minimum atomic E-state index is -0.170. The molecule has 2 aromatic rings. The zero-order chi connectivity index (χ0) is 17.1. The van der Waals surface area contributed by atoms with Crippen molar-refractivity contribution in [2.75, 3.05) is 18.5 Å². The van der Waals surface area contributed by atoms with Gasteiger partial charge in [-0.2, -0.15) is 5.10 Å². The Hall–Kier alpha value is -2.50. The van der Waals surface area contributed by atoms with Crippen LogP contribution in [0.2, 0.25) is 0 Å². The van der Waals surface area contributed by atoms with Crippen molar-refractivity contribution < 1.29 is 14.3 Å². The molecule has 0 fully saturated rings. The molecule has 0 atom stereocenters. The lowest BCUT2D eigenvalue weighted by Gasteiger charge is -2.13. The Morgan fingerprint density at radius 3 is 2.71 bits per heavy atom. The van der Waals surface area contributed by atoms with Crippen LogP contribution in [0.4, 0.5) is 5.82 Å². The molecule has 1 aromatic heterocycles. The summed E-state index contributed by atoms with van der Waals surface area (Å²) in [5, 5.41) is 7.47. The molecule has 0 saturated heterocycles. The highest BCUT2D eigenvalue weighted by Gasteiger charge is 2.22. The predicted molar refractivity (Wildman–Crippen MR) is 92.0 cm³/mol. The summed E-state index contributed by atoms with van der Waals surface area (Å²) in [5.41, 5.74) is 2.78. The van der Waals surface area contributed by atoms with Crippen molar-refractivity contribution in [2.24, 2.45) is 7.05 Å². The molecule has 6 heteroatoms. The molecule has 0 bridgehead atoms. The molecule has 0 aliphatic heterocycles. The number of nitrogens with one attached hydrogen (secondary N) is 1. The second-order valence-electron chi connectivity index (χ2n) is 5.73. The van der Waals surface area contributed by atoms with E-state index in [1.807, 2.05) is 20.9 Å². The molecule has 1 heterocycles. The van der Waals surface area contributed by atoms with Gasteiger partial charge in [-0.05, 0) is 51.3 Å². The normalized spacial score (nSPS) is 12.8. The molecule has 0 saturated carbocycles. The molecule has 6 nitrogen and oxygen atoms in total. The van der Waals surface area contributed by atoms with E-state index in [1.165, 1.54) is 0 Å². The summed E-state index contributed by atoms with van der Waals surface area (Å²) in [6, 6.07) is 5.25. The van der Waals surface area contributed by atoms with Crippen molar-refractivity contribution in [3.63, 3.8) is 0 Å². The van der Waals surface area contributed by atoms with Crippen molar-refractivity contribution in [2.45, 2.75) is 33.1 Å². The lowest BCUT2D eigenvalue weighted by molar-refractivity contribution is 0.102. The smallest absolute Gasteiger partial charge is 0.256 e. The largest absolute Gasteiger partial charge is 0.490 e. The summed E-state index contributed by atoms with van der Waals surface area (Å²) in [4.78, 5) is 12.6. The summed E-state index contributed by atoms with van der Waals surface area (Å²) in [5.74, 6) is 1.86. The number of ether oxygens (including phenoxy) is 2. The van der Waals surface area contributed by atoms with Crippen LogP contribution >= 0.6 is 0 Å². The van der Waals surface area contributed by atoms with Gasteiger partial charge >= 0.3 is 0 Å². The minimum Gasteiger partial charge on any atom is -0.490 e. The van der Waals surface area contributed by atoms with Crippen LogP contribution in [-0.2, 0) is 19.9 Å². The van der Waals surface area contributed by atoms with Gasteiger partial charge in [-0.15, -0.1) is 0 Å². The lowest BCUT2D eigenvalue weighted by atomic mass is 10.1. The van der Waals surface area contributed by atoms with Gasteiger partial charge in [0.05, 0.1) is 18.9 Å². The number of carbonyl (C=O) groups excluding carboxylic acids is 1. The third-order valence-corrected chi connectivity index (χ3v) is 4.11. The second kappa shape index (κ2) is 6.95. The minimum absolute atomic E-state index is 0.170. The Kier molecular flexibility index (Phi) is 4.74. The predicted octanol–water partition coefficient (Wildman–Crippen LogP) is 2.96. The standard InChI is InChI=1S/C18H23N3O3/c1-4-23-15-10-9-12(11-16(15)24-5-2)18(22)19-17-13-7-6-8-14(13)20-21(17)3/h9-11H,4-8H2,1-3H3,(H,19,22). The quantitative estimate of drug-likeness (QED) is 0.885. The second-order valence-corrected chi connectivity index (χ2v) is 5.73. The fourth-order valence-corrected chi connectivity index (χ4v) is 3.05. The van der Waals surface area contributed by atoms with E-state index in [9.17, 15) is 4.79 Å². The van der Waals surface area contributed by atoms with Crippen molar-refractivity contribution in [1.82, 2.24) is 9.78 Å². The first kappa shape index (κ1) is 16.4. The number of aryl methyl sites for hydroxylation is 2. The van der Waals surface area contributed by atoms with Crippen LogP contribution in [0.25, 0.3) is 0 Å². The third-order valence-electron chi connectivity index (χ3n) is 4.11. The highest BCUT2D eigenvalue weighted by atomic mass is 16.5. The molecule has 1 amide bonds. The maximum atomic E-state index is 12.6. The van der Waals surface area contributed by atoms with Gasteiger partial charge in [0.2, 0.25) is 0 Å². The van der Waals surface area contributed by atoms with Gasteiger partial charge in [-0.3, -0.25) is 9.48 Å². The number of hydrogen-bond donors (Lipinski definition) is 1. The van der Waals surface area contributed by atoms with Crippen LogP contribution in [0.15, 0.2) is 18.2 Å². The lowest BCUT2D eigenvalue weighted by Crippen LogP contribution is -2.16. The van der Waals surface area contributed by atoms with E-state index in [1.54, 1.807) is 22.9 Å². The van der Waals surface area contributed by atoms with Crippen molar-refractivity contribution >= 4 is 11.7 Å². The number of nitrogens with zero attached hydrogens (tertiary/aromatic N) is 2. The highest BCUT2D eigenvalue weighted by Crippen LogP contribution is 2.31. The van der Waals surface area contributed by atoms with Crippen molar-refractivity contribution in [3.05, 3.63) is 35.0 Å². The number of hydrogen-bond acceptors (Lipinski definition) is 4. The molecule has 1 aromatic carbocycles. The number of amides is 1. The first-order valence-corrected chi connectivity index (χ1v) is 8.39. The Morgan fingerprint density at radius 1 is 1.21 bits per heavy atom. The fraction of sp³-hybridized carbons (Fsp3) is 0.444. The molecule has 0 radical (unpaired) electrons. The van der Waals surface area contributed by atoms with Crippen LogP contribution in [0.3, 0.4) is 0 Å². The summed E-state index contributed by atoms with van der Waals surface area (Å²) in [6.45, 7) is 4.88. The molecule has 1 aliphatic carbocycles. The van der Waals surface area contributed by atoms with Crippen molar-refractivity contribution in [1.29, 1.82) is 0 Å². The maximum Gasteiger partial charge on any atom is 0.256 e. The van der Waals surface area contributed by atoms with E-state index in [0.29, 0.717) is 30.3 Å². The summed E-state index contributed by atoms with van der Waals surface area (Å²) in [7, 11) is 1.86. The molecule has 0 unspecified atom stereocenters. The van der Waals surface area contributed by atoms with Crippen LogP contribution in [0.1, 0.15) is 41.9 Å². The van der Waals surface area contributed by atoms with E-state index >= 15 is 0 Å². The Morgan fingerprint density at radius 2 is 1.96 bits per heavy atom. The molecule has 1 aliphatic rings. The van der Waals surface area contributed by atoms with E-state index in [-0.39, 0.29) is 5.91 Å². The molecule has 1 N–H and O–H groups in total. The zero-order valence-electron chi connectivity index (χ0n) is 14.4. The van der Waals surface area contributed by atoms with Gasteiger partial charge < -0.3 is 14.8 Å². The number of aromatic nitrogens is 2. The van der Waals surface area contributed by atoms with Crippen LogP contribution < -0.4 is 14.8 Å². The average Bonchev–Trinajstić information content (AvgIpc) is 3.12. The van der Waals surface area contributed by atoms with Crippen LogP contribution in [0.5, 0.6) is 11.5 Å². The number of benzene rings is 1. The number of anilines is 1. The summed E-state index contributed by atoms with van der Waals surface area (Å²) < 4.78 is 12.9. The van der Waals surface area contributed by atoms with Gasteiger partial charge in [-0.25, -0.2) is 0 Å². The van der Waals surface area contributed by atoms with Gasteiger partial charge in [0.1, 0.15) is 5.82 Å². The Balaban J connectivity index is 1.84. The monoisotopic (exact) mass is 329 g/mol. The Labute approximate surface area is 141 Å². The zero-order valence-corrected chi connectivity index (χ0v) is 14.4. The maximum absolute atomic E-state index is 12.6. The van der Waals surface area contributed by atoms with E-state index < -0.39 is 0 Å². The molecule has 0 spiro atoms. The summed E-state index contributed by atoms with van der Waals surface area (Å²) >= 11 is 0. The van der Waals surface area contributed by atoms with Gasteiger partial charge in [0.25, 0.3) is 5.91 Å².